The quantitative estimate of drug-likeness (QED) is 0.874. The second-order valence-corrected chi connectivity index (χ2v) is 4.62. The van der Waals surface area contributed by atoms with Gasteiger partial charge in [-0.25, -0.2) is 14.8 Å². The van der Waals surface area contributed by atoms with Crippen LogP contribution >= 0.6 is 11.6 Å². The maximum Gasteiger partial charge on any atom is 0.354 e. The van der Waals surface area contributed by atoms with Crippen molar-refractivity contribution in [2.75, 3.05) is 0 Å². The Kier molecular flexibility index (Phi) is 4.45. The van der Waals surface area contributed by atoms with Crippen molar-refractivity contribution in [3.05, 3.63) is 53.5 Å². The number of allylic oxidation sites excluding steroid dienone is 1. The van der Waals surface area contributed by atoms with Crippen LogP contribution in [0.1, 0.15) is 16.1 Å². The molecule has 0 amide bonds. The minimum absolute atomic E-state index is 0.0761. The van der Waals surface area contributed by atoms with Gasteiger partial charge in [-0.2, -0.15) is 0 Å². The van der Waals surface area contributed by atoms with E-state index < -0.39 is 5.97 Å². The largest absolute Gasteiger partial charge is 0.477 e. The molecule has 0 radical (unpaired) electrons. The summed E-state index contributed by atoms with van der Waals surface area (Å²) in [5.41, 5.74) is 2.57. The van der Waals surface area contributed by atoms with E-state index in [1.54, 1.807) is 24.4 Å². The molecule has 0 bridgehead atoms. The number of hydrogen-bond acceptors (Lipinski definition) is 4. The lowest BCUT2D eigenvalue weighted by Gasteiger charge is -2.07. The molecular weight excluding hydrogens is 290 g/mol. The first-order chi connectivity index (χ1) is 10.0. The van der Waals surface area contributed by atoms with Gasteiger partial charge in [-0.3, -0.25) is 4.99 Å². The van der Waals surface area contributed by atoms with Crippen molar-refractivity contribution in [1.29, 1.82) is 0 Å². The number of nitrogens with zero attached hydrogens (tertiary/aromatic N) is 3. The smallest absolute Gasteiger partial charge is 0.354 e. The molecule has 0 saturated carbocycles. The van der Waals surface area contributed by atoms with Crippen molar-refractivity contribution in [2.24, 2.45) is 4.99 Å². The Morgan fingerprint density at radius 3 is 2.81 bits per heavy atom. The van der Waals surface area contributed by atoms with E-state index in [1.807, 2.05) is 6.92 Å². The van der Waals surface area contributed by atoms with Crippen LogP contribution in [0.3, 0.4) is 0 Å². The number of rotatable bonds is 4. The lowest BCUT2D eigenvalue weighted by Crippen LogP contribution is -2.01. The topological polar surface area (TPSA) is 75.4 Å². The van der Waals surface area contributed by atoms with Gasteiger partial charge in [-0.15, -0.1) is 0 Å². The van der Waals surface area contributed by atoms with E-state index in [-0.39, 0.29) is 5.69 Å². The molecule has 0 atom stereocenters. The third kappa shape index (κ3) is 3.32. The van der Waals surface area contributed by atoms with Gasteiger partial charge in [0.05, 0.1) is 11.4 Å². The molecule has 0 aliphatic rings. The predicted molar refractivity (Wildman–Crippen MR) is 82.5 cm³/mol. The minimum Gasteiger partial charge on any atom is -0.477 e. The molecule has 5 nitrogen and oxygen atoms in total. The summed E-state index contributed by atoms with van der Waals surface area (Å²) in [6.45, 7) is 5.42. The van der Waals surface area contributed by atoms with Crippen LogP contribution < -0.4 is 0 Å². The van der Waals surface area contributed by atoms with E-state index >= 15 is 0 Å². The van der Waals surface area contributed by atoms with Crippen LogP contribution in [0.4, 0.5) is 5.69 Å². The number of carboxylic acid groups (broad SMARTS) is 1. The second-order valence-electron chi connectivity index (χ2n) is 4.21. The van der Waals surface area contributed by atoms with Crippen LogP contribution in [0.15, 0.2) is 42.2 Å². The van der Waals surface area contributed by atoms with Crippen molar-refractivity contribution >= 4 is 29.5 Å². The molecule has 1 N–H and O–H groups in total. The number of aromatic nitrogens is 2. The minimum atomic E-state index is -1.11. The summed E-state index contributed by atoms with van der Waals surface area (Å²) in [4.78, 5) is 23.0. The Labute approximate surface area is 126 Å². The Hall–Kier alpha value is -2.53. The van der Waals surface area contributed by atoms with Crippen LogP contribution in [-0.2, 0) is 0 Å². The number of aromatic carboxylic acids is 1. The van der Waals surface area contributed by atoms with Gasteiger partial charge in [0.1, 0.15) is 6.33 Å². The fourth-order valence-corrected chi connectivity index (χ4v) is 1.93. The van der Waals surface area contributed by atoms with Gasteiger partial charge in [-0.1, -0.05) is 24.3 Å². The van der Waals surface area contributed by atoms with E-state index in [2.05, 4.69) is 21.5 Å². The molecule has 0 unspecified atom stereocenters. The maximum absolute atomic E-state index is 11.0. The van der Waals surface area contributed by atoms with E-state index in [0.717, 1.165) is 5.56 Å². The van der Waals surface area contributed by atoms with Crippen LogP contribution in [0.2, 0.25) is 5.02 Å². The first-order valence-corrected chi connectivity index (χ1v) is 6.41. The van der Waals surface area contributed by atoms with Gasteiger partial charge < -0.3 is 5.11 Å². The van der Waals surface area contributed by atoms with Gasteiger partial charge >= 0.3 is 5.97 Å². The monoisotopic (exact) mass is 301 g/mol. The van der Waals surface area contributed by atoms with Gasteiger partial charge in [0.15, 0.2) is 5.69 Å². The van der Waals surface area contributed by atoms with E-state index in [4.69, 9.17) is 16.7 Å². The van der Waals surface area contributed by atoms with Crippen molar-refractivity contribution in [3.8, 4) is 11.3 Å². The van der Waals surface area contributed by atoms with Gasteiger partial charge in [0.2, 0.25) is 0 Å². The van der Waals surface area contributed by atoms with E-state index in [1.165, 1.54) is 12.4 Å². The highest BCUT2D eigenvalue weighted by molar-refractivity contribution is 6.32. The van der Waals surface area contributed by atoms with Gasteiger partial charge in [0.25, 0.3) is 0 Å². The number of carbonyl (C=O) groups is 1. The number of aliphatic imine (C=N–C) groups is 1. The van der Waals surface area contributed by atoms with E-state index in [9.17, 15) is 4.79 Å². The second kappa shape index (κ2) is 6.28. The molecule has 2 aromatic rings. The Bertz CT molecular complexity index is 742. The Morgan fingerprint density at radius 1 is 1.38 bits per heavy atom. The molecule has 0 fully saturated rings. The van der Waals surface area contributed by atoms with Crippen LogP contribution in [0.25, 0.3) is 11.3 Å². The molecule has 2 rings (SSSR count). The maximum atomic E-state index is 11.0. The third-order valence-corrected chi connectivity index (χ3v) is 3.21. The van der Waals surface area contributed by atoms with Crippen LogP contribution in [0.5, 0.6) is 0 Å². The highest BCUT2D eigenvalue weighted by Gasteiger charge is 2.11. The average Bonchev–Trinajstić information content (AvgIpc) is 2.48. The van der Waals surface area contributed by atoms with Crippen LogP contribution in [-0.4, -0.2) is 27.3 Å². The zero-order chi connectivity index (χ0) is 15.4. The average molecular weight is 302 g/mol. The summed E-state index contributed by atoms with van der Waals surface area (Å²) in [5, 5.41) is 9.50. The number of benzene rings is 1. The normalized spacial score (nSPS) is 10.8. The van der Waals surface area contributed by atoms with E-state index in [0.29, 0.717) is 22.0 Å². The molecule has 1 aromatic carbocycles. The summed E-state index contributed by atoms with van der Waals surface area (Å²) in [6, 6.07) is 4.90. The standard InChI is InChI=1S/C15H12ClN3O2/c1-3-4-17-12-6-10(5-11(16)9(12)2)13-7-14(15(20)21)19-8-18-13/h3-8H,1H2,2H3,(H,20,21)/b17-4-. The molecule has 106 valence electrons. The number of carboxylic acids is 1. The highest BCUT2D eigenvalue weighted by Crippen LogP contribution is 2.32. The summed E-state index contributed by atoms with van der Waals surface area (Å²) >= 11 is 6.19. The number of halogens is 1. The zero-order valence-corrected chi connectivity index (χ0v) is 12.0. The molecule has 1 heterocycles. The summed E-state index contributed by atoms with van der Waals surface area (Å²) < 4.78 is 0. The lowest BCUT2D eigenvalue weighted by molar-refractivity contribution is 0.0690. The van der Waals surface area contributed by atoms with Crippen LogP contribution in [0, 0.1) is 6.92 Å². The summed E-state index contributed by atoms with van der Waals surface area (Å²) in [7, 11) is 0. The van der Waals surface area contributed by atoms with Gasteiger partial charge in [-0.05, 0) is 30.7 Å². The fourth-order valence-electron chi connectivity index (χ4n) is 1.71. The molecule has 0 aliphatic heterocycles. The van der Waals surface area contributed by atoms with Gasteiger partial charge in [0, 0.05) is 16.8 Å². The molecule has 0 aliphatic carbocycles. The zero-order valence-electron chi connectivity index (χ0n) is 11.2. The van der Waals surface area contributed by atoms with Crippen molar-refractivity contribution in [1.82, 2.24) is 9.97 Å². The van der Waals surface area contributed by atoms with Crippen molar-refractivity contribution < 1.29 is 9.90 Å². The van der Waals surface area contributed by atoms with Crippen molar-refractivity contribution in [2.45, 2.75) is 6.92 Å². The molecule has 1 aromatic heterocycles. The number of hydrogen-bond donors (Lipinski definition) is 1. The first kappa shape index (κ1) is 14.9. The fraction of sp³-hybridized carbons (Fsp3) is 0.0667. The Morgan fingerprint density at radius 2 is 2.14 bits per heavy atom. The Balaban J connectivity index is 2.56. The van der Waals surface area contributed by atoms with Crippen molar-refractivity contribution in [3.63, 3.8) is 0 Å². The summed E-state index contributed by atoms with van der Waals surface area (Å²) in [6.07, 6.45) is 4.33. The SMILES string of the molecule is C=C/C=N\c1cc(-c2cc(C(=O)O)ncn2)cc(Cl)c1C. The molecule has 0 spiro atoms. The third-order valence-electron chi connectivity index (χ3n) is 2.82. The summed E-state index contributed by atoms with van der Waals surface area (Å²) in [5.74, 6) is -1.11. The highest BCUT2D eigenvalue weighted by atomic mass is 35.5. The lowest BCUT2D eigenvalue weighted by atomic mass is 10.1. The first-order valence-electron chi connectivity index (χ1n) is 6.04. The molecule has 0 saturated heterocycles. The molecule has 6 heteroatoms. The predicted octanol–water partition coefficient (Wildman–Crippen LogP) is 3.69. The molecular formula is C15H12ClN3O2. The molecule has 21 heavy (non-hydrogen) atoms.